The van der Waals surface area contributed by atoms with Gasteiger partial charge in [-0.1, -0.05) is 37.3 Å². The van der Waals surface area contributed by atoms with Crippen molar-refractivity contribution in [1.82, 2.24) is 9.80 Å². The maximum atomic E-state index is 6.07. The average molecular weight is 261 g/mol. The molecule has 0 radical (unpaired) electrons. The van der Waals surface area contributed by atoms with Crippen molar-refractivity contribution in [3.8, 4) is 0 Å². The minimum Gasteiger partial charge on any atom is -0.329 e. The lowest BCUT2D eigenvalue weighted by Crippen LogP contribution is -2.45. The van der Waals surface area contributed by atoms with Crippen molar-refractivity contribution in [1.29, 1.82) is 0 Å². The van der Waals surface area contributed by atoms with E-state index in [1.165, 1.54) is 25.1 Å². The normalized spacial score (nSPS) is 21.8. The maximum absolute atomic E-state index is 6.07. The Hall–Kier alpha value is -0.900. The molecule has 1 aromatic rings. The van der Waals surface area contributed by atoms with Crippen LogP contribution in [0.2, 0.25) is 0 Å². The molecule has 1 saturated heterocycles. The van der Waals surface area contributed by atoms with Gasteiger partial charge < -0.3 is 10.6 Å². The van der Waals surface area contributed by atoms with Crippen LogP contribution in [-0.4, -0.2) is 55.6 Å². The summed E-state index contributed by atoms with van der Waals surface area (Å²) >= 11 is 0. The Bertz CT molecular complexity index is 366. The van der Waals surface area contributed by atoms with Crippen LogP contribution in [-0.2, 0) is 0 Å². The second-order valence-electron chi connectivity index (χ2n) is 5.70. The van der Waals surface area contributed by atoms with Crippen LogP contribution >= 0.6 is 0 Å². The van der Waals surface area contributed by atoms with Gasteiger partial charge in [-0.05, 0) is 38.0 Å². The van der Waals surface area contributed by atoms with Crippen LogP contribution in [0.15, 0.2) is 30.3 Å². The van der Waals surface area contributed by atoms with Crippen molar-refractivity contribution < 1.29 is 0 Å². The minimum absolute atomic E-state index is 0.453. The summed E-state index contributed by atoms with van der Waals surface area (Å²) in [4.78, 5) is 5.00. The van der Waals surface area contributed by atoms with Crippen LogP contribution in [0.4, 0.5) is 0 Å². The van der Waals surface area contributed by atoms with Crippen molar-refractivity contribution in [3.63, 3.8) is 0 Å². The number of nitrogens with zero attached hydrogens (tertiary/aromatic N) is 2. The Labute approximate surface area is 117 Å². The summed E-state index contributed by atoms with van der Waals surface area (Å²) in [6.45, 7) is 7.70. The first kappa shape index (κ1) is 14.5. The van der Waals surface area contributed by atoms with E-state index in [-0.39, 0.29) is 0 Å². The molecule has 1 aliphatic heterocycles. The molecule has 19 heavy (non-hydrogen) atoms. The molecule has 0 saturated carbocycles. The van der Waals surface area contributed by atoms with E-state index in [0.717, 1.165) is 19.6 Å². The van der Waals surface area contributed by atoms with Crippen molar-refractivity contribution >= 4 is 0 Å². The van der Waals surface area contributed by atoms with E-state index in [1.807, 2.05) is 0 Å². The third kappa shape index (κ3) is 3.78. The third-order valence-corrected chi connectivity index (χ3v) is 4.37. The standard InChI is InChI=1S/C16H27N3/c1-14(15-7-4-3-5-8-15)16(13-17)19-10-6-9-18(2)11-12-19/h3-5,7-8,14,16H,6,9-13,17H2,1-2H3. The summed E-state index contributed by atoms with van der Waals surface area (Å²) in [6, 6.07) is 11.2. The van der Waals surface area contributed by atoms with Gasteiger partial charge in [0.1, 0.15) is 0 Å². The van der Waals surface area contributed by atoms with E-state index < -0.39 is 0 Å². The Balaban J connectivity index is 2.06. The smallest absolute Gasteiger partial charge is 0.0284 e. The number of benzene rings is 1. The van der Waals surface area contributed by atoms with Gasteiger partial charge in [0.05, 0.1) is 0 Å². The number of nitrogens with two attached hydrogens (primary N) is 1. The molecule has 3 heteroatoms. The van der Waals surface area contributed by atoms with Gasteiger partial charge in [-0.25, -0.2) is 0 Å². The highest BCUT2D eigenvalue weighted by molar-refractivity contribution is 5.20. The molecule has 1 aromatic carbocycles. The molecule has 0 spiro atoms. The van der Waals surface area contributed by atoms with Gasteiger partial charge in [-0.3, -0.25) is 4.90 Å². The highest BCUT2D eigenvalue weighted by Crippen LogP contribution is 2.23. The first-order valence-electron chi connectivity index (χ1n) is 7.40. The zero-order valence-corrected chi connectivity index (χ0v) is 12.3. The van der Waals surface area contributed by atoms with Crippen LogP contribution in [0, 0.1) is 0 Å². The summed E-state index contributed by atoms with van der Waals surface area (Å²) < 4.78 is 0. The first-order valence-corrected chi connectivity index (χ1v) is 7.40. The minimum atomic E-state index is 0.453. The summed E-state index contributed by atoms with van der Waals surface area (Å²) in [5.74, 6) is 0.495. The van der Waals surface area contributed by atoms with Crippen LogP contribution in [0.1, 0.15) is 24.8 Å². The van der Waals surface area contributed by atoms with Gasteiger partial charge in [0.2, 0.25) is 0 Å². The Morgan fingerprint density at radius 2 is 1.84 bits per heavy atom. The van der Waals surface area contributed by atoms with Crippen LogP contribution in [0.25, 0.3) is 0 Å². The van der Waals surface area contributed by atoms with Gasteiger partial charge >= 0.3 is 0 Å². The lowest BCUT2D eigenvalue weighted by Gasteiger charge is -2.34. The molecule has 1 aliphatic rings. The molecule has 2 rings (SSSR count). The van der Waals surface area contributed by atoms with E-state index >= 15 is 0 Å². The average Bonchev–Trinajstić information content (AvgIpc) is 2.66. The van der Waals surface area contributed by atoms with Crippen molar-refractivity contribution in [2.24, 2.45) is 5.73 Å². The maximum Gasteiger partial charge on any atom is 0.0284 e. The molecule has 0 aliphatic carbocycles. The third-order valence-electron chi connectivity index (χ3n) is 4.37. The zero-order valence-electron chi connectivity index (χ0n) is 12.3. The van der Waals surface area contributed by atoms with E-state index in [2.05, 4.69) is 54.1 Å². The molecule has 2 N–H and O–H groups in total. The monoisotopic (exact) mass is 261 g/mol. The number of hydrogen-bond donors (Lipinski definition) is 1. The second kappa shape index (κ2) is 7.04. The first-order chi connectivity index (χ1) is 9.22. The predicted molar refractivity (Wildman–Crippen MR) is 81.4 cm³/mol. The predicted octanol–water partition coefficient (Wildman–Crippen LogP) is 1.75. The number of hydrogen-bond acceptors (Lipinski definition) is 3. The Morgan fingerprint density at radius 1 is 1.11 bits per heavy atom. The molecular weight excluding hydrogens is 234 g/mol. The summed E-state index contributed by atoms with van der Waals surface area (Å²) in [5.41, 5.74) is 7.47. The number of rotatable bonds is 4. The lowest BCUT2D eigenvalue weighted by atomic mass is 9.92. The van der Waals surface area contributed by atoms with E-state index in [4.69, 9.17) is 5.73 Å². The second-order valence-corrected chi connectivity index (χ2v) is 5.70. The van der Waals surface area contributed by atoms with Gasteiger partial charge in [-0.15, -0.1) is 0 Å². The summed E-state index contributed by atoms with van der Waals surface area (Å²) in [5, 5.41) is 0. The van der Waals surface area contributed by atoms with E-state index in [9.17, 15) is 0 Å². The van der Waals surface area contributed by atoms with Crippen LogP contribution in [0.3, 0.4) is 0 Å². The quantitative estimate of drug-likeness (QED) is 0.896. The molecule has 0 amide bonds. The molecule has 0 bridgehead atoms. The van der Waals surface area contributed by atoms with Crippen molar-refractivity contribution in [2.45, 2.75) is 25.3 Å². The summed E-state index contributed by atoms with van der Waals surface area (Å²) in [6.07, 6.45) is 1.24. The fraction of sp³-hybridized carbons (Fsp3) is 0.625. The van der Waals surface area contributed by atoms with Crippen molar-refractivity contribution in [2.75, 3.05) is 39.8 Å². The van der Waals surface area contributed by atoms with E-state index in [0.29, 0.717) is 12.0 Å². The zero-order chi connectivity index (χ0) is 13.7. The van der Waals surface area contributed by atoms with Gasteiger partial charge in [0, 0.05) is 25.7 Å². The molecule has 106 valence electrons. The molecule has 1 fully saturated rings. The van der Waals surface area contributed by atoms with Crippen molar-refractivity contribution in [3.05, 3.63) is 35.9 Å². The Morgan fingerprint density at radius 3 is 2.53 bits per heavy atom. The molecule has 3 nitrogen and oxygen atoms in total. The SMILES string of the molecule is CC(c1ccccc1)C(CN)N1CCCN(C)CC1. The van der Waals surface area contributed by atoms with Gasteiger partial charge in [0.15, 0.2) is 0 Å². The largest absolute Gasteiger partial charge is 0.329 e. The van der Waals surface area contributed by atoms with Crippen LogP contribution in [0.5, 0.6) is 0 Å². The Kier molecular flexibility index (Phi) is 5.37. The fourth-order valence-electron chi connectivity index (χ4n) is 3.05. The fourth-order valence-corrected chi connectivity index (χ4v) is 3.05. The van der Waals surface area contributed by atoms with Gasteiger partial charge in [-0.2, -0.15) is 0 Å². The highest BCUT2D eigenvalue weighted by atomic mass is 15.2. The number of likely N-dealkylation sites (N-methyl/N-ethyl adjacent to an activating group) is 1. The summed E-state index contributed by atoms with van der Waals surface area (Å²) in [7, 11) is 2.21. The lowest BCUT2D eigenvalue weighted by molar-refractivity contribution is 0.185. The molecule has 1 heterocycles. The van der Waals surface area contributed by atoms with Crippen LogP contribution < -0.4 is 5.73 Å². The highest BCUT2D eigenvalue weighted by Gasteiger charge is 2.25. The molecule has 2 atom stereocenters. The molecular formula is C16H27N3. The van der Waals surface area contributed by atoms with E-state index in [1.54, 1.807) is 0 Å². The molecule has 2 unspecified atom stereocenters. The molecule has 0 aromatic heterocycles. The van der Waals surface area contributed by atoms with Gasteiger partial charge in [0.25, 0.3) is 0 Å². The topological polar surface area (TPSA) is 32.5 Å².